The zero-order valence-electron chi connectivity index (χ0n) is 8.11. The van der Waals surface area contributed by atoms with Crippen molar-refractivity contribution in [1.82, 2.24) is 3.56 Å². The van der Waals surface area contributed by atoms with Crippen molar-refractivity contribution in [3.8, 4) is 5.75 Å². The third-order valence-corrected chi connectivity index (χ3v) is 4.76. The number of fused-ring (bicyclic) bond motifs is 1. The van der Waals surface area contributed by atoms with Crippen molar-refractivity contribution >= 4 is 24.4 Å². The van der Waals surface area contributed by atoms with E-state index in [0.717, 1.165) is 21.9 Å². The molecule has 4 heteroatoms. The van der Waals surface area contributed by atoms with Crippen LogP contribution in [0.2, 0.25) is 0 Å². The van der Waals surface area contributed by atoms with Crippen LogP contribution in [-0.4, -0.2) is 25.4 Å². The van der Waals surface area contributed by atoms with Gasteiger partial charge in [-0.15, -0.1) is 0 Å². The van der Waals surface area contributed by atoms with Gasteiger partial charge < -0.3 is 0 Å². The van der Waals surface area contributed by atoms with E-state index < -0.39 is 0 Å². The maximum absolute atomic E-state index is 11.8. The number of hydrogen-bond donors (Lipinski definition) is 0. The summed E-state index contributed by atoms with van der Waals surface area (Å²) in [4.78, 5) is 11.8. The molecule has 0 fully saturated rings. The van der Waals surface area contributed by atoms with Crippen molar-refractivity contribution in [2.75, 3.05) is 7.11 Å². The summed E-state index contributed by atoms with van der Waals surface area (Å²) in [6, 6.07) is 5.65. The second-order valence-electron chi connectivity index (χ2n) is 2.93. The summed E-state index contributed by atoms with van der Waals surface area (Å²) in [5, 5.41) is 0.811. The number of rotatable bonds is 2. The molecule has 0 spiro atoms. The fourth-order valence-electron chi connectivity index (χ4n) is 1.43. The molecule has 0 aliphatic heterocycles. The molecular formula is C10H11NO2Se. The number of ether oxygens (including phenoxy) is 1. The van der Waals surface area contributed by atoms with E-state index in [2.05, 4.69) is 0 Å². The van der Waals surface area contributed by atoms with Crippen molar-refractivity contribution in [2.24, 2.45) is 0 Å². The fraction of sp³-hybridized carbons (Fsp3) is 0.300. The summed E-state index contributed by atoms with van der Waals surface area (Å²) >= 11 is 0.0910. The molecule has 14 heavy (non-hydrogen) atoms. The molecule has 0 aliphatic carbocycles. The van der Waals surface area contributed by atoms with E-state index in [1.54, 1.807) is 7.11 Å². The van der Waals surface area contributed by atoms with E-state index in [-0.39, 0.29) is 20.3 Å². The van der Waals surface area contributed by atoms with Crippen molar-refractivity contribution in [1.29, 1.82) is 0 Å². The molecular weight excluding hydrogens is 245 g/mol. The van der Waals surface area contributed by atoms with E-state index in [9.17, 15) is 4.79 Å². The molecule has 0 radical (unpaired) electrons. The Hall–Kier alpha value is -0.991. The normalized spacial score (nSPS) is 10.7. The summed E-state index contributed by atoms with van der Waals surface area (Å²) in [5.74, 6) is 0.840. The molecule has 74 valence electrons. The number of benzene rings is 1. The minimum atomic E-state index is 0.0910. The molecule has 2 aromatic rings. The first-order valence-corrected chi connectivity index (χ1v) is 6.07. The van der Waals surface area contributed by atoms with Crippen LogP contribution in [0.3, 0.4) is 0 Å². The van der Waals surface area contributed by atoms with Gasteiger partial charge in [0.25, 0.3) is 0 Å². The number of aryl methyl sites for hydroxylation is 1. The molecule has 1 aromatic carbocycles. The summed E-state index contributed by atoms with van der Waals surface area (Å²) in [7, 11) is 1.64. The Balaban J connectivity index is 2.84. The van der Waals surface area contributed by atoms with Crippen LogP contribution in [-0.2, 0) is 6.54 Å². The van der Waals surface area contributed by atoms with Gasteiger partial charge in [0, 0.05) is 0 Å². The molecule has 0 N–H and O–H groups in total. The van der Waals surface area contributed by atoms with E-state index in [1.807, 2.05) is 28.7 Å². The van der Waals surface area contributed by atoms with E-state index in [1.165, 1.54) is 0 Å². The number of methoxy groups -OCH3 is 1. The average molecular weight is 256 g/mol. The standard InChI is InChI=1S/C10H11NO2Se/c1-3-11-10(12)7-5-4-6-8(13-2)9(7)14-11/h4-6H,3H2,1-2H3. The Labute approximate surface area is 87.9 Å². The first-order valence-electron chi connectivity index (χ1n) is 4.44. The minimum absolute atomic E-state index is 0.0910. The quantitative estimate of drug-likeness (QED) is 0.753. The van der Waals surface area contributed by atoms with E-state index >= 15 is 0 Å². The van der Waals surface area contributed by atoms with Crippen LogP contribution in [0.25, 0.3) is 9.65 Å². The van der Waals surface area contributed by atoms with Crippen LogP contribution in [0.4, 0.5) is 0 Å². The maximum atomic E-state index is 11.8. The third kappa shape index (κ3) is 1.31. The van der Waals surface area contributed by atoms with Crippen molar-refractivity contribution in [3.63, 3.8) is 0 Å². The molecule has 0 saturated carbocycles. The predicted molar refractivity (Wildman–Crippen MR) is 57.4 cm³/mol. The molecule has 0 saturated heterocycles. The van der Waals surface area contributed by atoms with Crippen molar-refractivity contribution in [2.45, 2.75) is 13.5 Å². The van der Waals surface area contributed by atoms with Gasteiger partial charge in [0.1, 0.15) is 0 Å². The van der Waals surface area contributed by atoms with E-state index in [0.29, 0.717) is 0 Å². The van der Waals surface area contributed by atoms with Crippen LogP contribution >= 0.6 is 0 Å². The molecule has 1 aromatic heterocycles. The molecule has 3 nitrogen and oxygen atoms in total. The Morgan fingerprint density at radius 1 is 1.50 bits per heavy atom. The molecule has 0 unspecified atom stereocenters. The first-order chi connectivity index (χ1) is 6.77. The van der Waals surface area contributed by atoms with Gasteiger partial charge >= 0.3 is 87.6 Å². The Kier molecular flexibility index (Phi) is 2.48. The number of hydrogen-bond acceptors (Lipinski definition) is 2. The zero-order valence-corrected chi connectivity index (χ0v) is 9.82. The Morgan fingerprint density at radius 3 is 2.93 bits per heavy atom. The number of nitrogens with zero attached hydrogens (tertiary/aromatic N) is 1. The van der Waals surface area contributed by atoms with Gasteiger partial charge in [-0.2, -0.15) is 0 Å². The van der Waals surface area contributed by atoms with Crippen LogP contribution in [0, 0.1) is 0 Å². The van der Waals surface area contributed by atoms with Gasteiger partial charge in [-0.25, -0.2) is 0 Å². The van der Waals surface area contributed by atoms with E-state index in [4.69, 9.17) is 4.74 Å². The topological polar surface area (TPSA) is 31.2 Å². The molecule has 0 atom stereocenters. The van der Waals surface area contributed by atoms with Gasteiger partial charge in [0.15, 0.2) is 0 Å². The fourth-order valence-corrected chi connectivity index (χ4v) is 3.59. The van der Waals surface area contributed by atoms with Crippen LogP contribution in [0.1, 0.15) is 6.92 Å². The van der Waals surface area contributed by atoms with Crippen LogP contribution < -0.4 is 10.3 Å². The monoisotopic (exact) mass is 257 g/mol. The summed E-state index contributed by atoms with van der Waals surface area (Å²) in [5.41, 5.74) is 0.140. The van der Waals surface area contributed by atoms with Crippen LogP contribution in [0.15, 0.2) is 23.0 Å². The SMILES string of the molecule is CCn1[se]c2c(OC)cccc2c1=O. The average Bonchev–Trinajstić information content (AvgIpc) is 2.55. The summed E-state index contributed by atoms with van der Waals surface area (Å²) < 4.78 is 8.19. The molecule has 0 bridgehead atoms. The molecule has 0 aliphatic rings. The van der Waals surface area contributed by atoms with Crippen LogP contribution in [0.5, 0.6) is 5.75 Å². The Morgan fingerprint density at radius 2 is 2.29 bits per heavy atom. The van der Waals surface area contributed by atoms with Gasteiger partial charge in [0.2, 0.25) is 0 Å². The predicted octanol–water partition coefficient (Wildman–Crippen LogP) is 1.09. The van der Waals surface area contributed by atoms with Gasteiger partial charge in [-0.3, -0.25) is 0 Å². The molecule has 0 amide bonds. The van der Waals surface area contributed by atoms with Gasteiger partial charge in [-0.1, -0.05) is 0 Å². The van der Waals surface area contributed by atoms with Crippen molar-refractivity contribution in [3.05, 3.63) is 28.6 Å². The first kappa shape index (κ1) is 9.56. The second-order valence-corrected chi connectivity index (χ2v) is 5.09. The molecule has 2 rings (SSSR count). The zero-order chi connectivity index (χ0) is 10.1. The summed E-state index contributed by atoms with van der Waals surface area (Å²) in [6.07, 6.45) is 0. The van der Waals surface area contributed by atoms with Crippen molar-refractivity contribution < 1.29 is 4.74 Å². The third-order valence-electron chi connectivity index (χ3n) is 2.14. The second kappa shape index (κ2) is 3.64. The Bertz CT molecular complexity index is 512. The van der Waals surface area contributed by atoms with Gasteiger partial charge in [0.05, 0.1) is 0 Å². The molecule has 1 heterocycles. The van der Waals surface area contributed by atoms with Gasteiger partial charge in [-0.05, 0) is 0 Å². The summed E-state index contributed by atoms with van der Waals surface area (Å²) in [6.45, 7) is 2.77. The number of aromatic nitrogens is 1.